The molecule has 0 unspecified atom stereocenters. The average Bonchev–Trinajstić information content (AvgIpc) is 3.48. The van der Waals surface area contributed by atoms with Crippen LogP contribution in [0.2, 0.25) is 0 Å². The number of hydrogen-bond donors (Lipinski definition) is 0. The standard InChI is InChI=1S/C38H24O/c1-3-11-25(12-4-1)27-19-21-29-34-23-28(20-22-35(34)39-36(29)24-27)38-32-17-9-7-15-30(32)37(26-13-5-2-6-14-26)31-16-8-10-18-33(31)38/h1-24H/i7D,8D,9D,10D,15D,16D,17D,18D. The van der Waals surface area contributed by atoms with Crippen LogP contribution in [0.3, 0.4) is 0 Å². The first-order valence-corrected chi connectivity index (χ1v) is 12.7. The molecule has 0 aliphatic carbocycles. The molecule has 7 aromatic carbocycles. The van der Waals surface area contributed by atoms with Gasteiger partial charge in [0.05, 0.1) is 11.0 Å². The Morgan fingerprint density at radius 2 is 0.923 bits per heavy atom. The quantitative estimate of drug-likeness (QED) is 0.218. The van der Waals surface area contributed by atoms with E-state index in [1.165, 1.54) is 0 Å². The van der Waals surface area contributed by atoms with E-state index in [1.807, 2.05) is 60.7 Å². The van der Waals surface area contributed by atoms with Gasteiger partial charge in [-0.3, -0.25) is 0 Å². The first-order chi connectivity index (χ1) is 22.7. The second-order valence-electron chi connectivity index (χ2n) is 9.51. The lowest BCUT2D eigenvalue weighted by Gasteiger charge is -2.17. The molecule has 1 nitrogen and oxygen atoms in total. The molecule has 0 spiro atoms. The van der Waals surface area contributed by atoms with E-state index < -0.39 is 24.2 Å². The number of furan rings is 1. The van der Waals surface area contributed by atoms with Gasteiger partial charge in [0.25, 0.3) is 0 Å². The Morgan fingerprint density at radius 3 is 1.54 bits per heavy atom. The molecule has 39 heavy (non-hydrogen) atoms. The van der Waals surface area contributed by atoms with Crippen LogP contribution in [-0.2, 0) is 0 Å². The van der Waals surface area contributed by atoms with Crippen molar-refractivity contribution in [3.63, 3.8) is 0 Å². The molecule has 0 amide bonds. The Morgan fingerprint density at radius 1 is 0.385 bits per heavy atom. The van der Waals surface area contributed by atoms with Gasteiger partial charge in [0.1, 0.15) is 11.2 Å². The highest BCUT2D eigenvalue weighted by Crippen LogP contribution is 2.44. The molecule has 182 valence electrons. The van der Waals surface area contributed by atoms with Crippen LogP contribution in [0.5, 0.6) is 0 Å². The maximum Gasteiger partial charge on any atom is 0.136 e. The zero-order chi connectivity index (χ0) is 32.7. The lowest BCUT2D eigenvalue weighted by Crippen LogP contribution is -1.90. The van der Waals surface area contributed by atoms with Crippen molar-refractivity contribution in [2.75, 3.05) is 0 Å². The topological polar surface area (TPSA) is 13.1 Å². The summed E-state index contributed by atoms with van der Waals surface area (Å²) < 4.78 is 77.1. The monoisotopic (exact) mass is 504 g/mol. The second-order valence-corrected chi connectivity index (χ2v) is 9.51. The number of rotatable bonds is 3. The van der Waals surface area contributed by atoms with Crippen LogP contribution in [0.25, 0.3) is 76.9 Å². The van der Waals surface area contributed by atoms with E-state index in [0.717, 1.165) is 21.9 Å². The van der Waals surface area contributed by atoms with Crippen LogP contribution >= 0.6 is 0 Å². The second kappa shape index (κ2) is 8.72. The predicted molar refractivity (Wildman–Crippen MR) is 165 cm³/mol. The van der Waals surface area contributed by atoms with Crippen molar-refractivity contribution < 1.29 is 15.4 Å². The van der Waals surface area contributed by atoms with E-state index in [-0.39, 0.29) is 45.7 Å². The Bertz CT molecular complexity index is 2510. The molecule has 0 fully saturated rings. The summed E-state index contributed by atoms with van der Waals surface area (Å²) in [6.07, 6.45) is 0. The zero-order valence-electron chi connectivity index (χ0n) is 28.6. The number of hydrogen-bond acceptors (Lipinski definition) is 1. The zero-order valence-corrected chi connectivity index (χ0v) is 20.6. The van der Waals surface area contributed by atoms with Gasteiger partial charge >= 0.3 is 0 Å². The summed E-state index contributed by atoms with van der Waals surface area (Å²) in [6.45, 7) is 0. The van der Waals surface area contributed by atoms with Gasteiger partial charge in [0.15, 0.2) is 0 Å². The summed E-state index contributed by atoms with van der Waals surface area (Å²) >= 11 is 0. The smallest absolute Gasteiger partial charge is 0.136 e. The highest BCUT2D eigenvalue weighted by atomic mass is 16.3. The Hall–Kier alpha value is -5.14. The predicted octanol–water partition coefficient (Wildman–Crippen LogP) is 10.9. The minimum atomic E-state index is -0.425. The van der Waals surface area contributed by atoms with Gasteiger partial charge in [0.2, 0.25) is 0 Å². The molecule has 0 saturated heterocycles. The fourth-order valence-electron chi connectivity index (χ4n) is 5.55. The fourth-order valence-corrected chi connectivity index (χ4v) is 5.55. The largest absolute Gasteiger partial charge is 0.456 e. The summed E-state index contributed by atoms with van der Waals surface area (Å²) in [7, 11) is 0. The molecular formula is C38H24O. The van der Waals surface area contributed by atoms with Crippen molar-refractivity contribution in [2.45, 2.75) is 0 Å². The van der Waals surface area contributed by atoms with Gasteiger partial charge in [-0.2, -0.15) is 0 Å². The minimum absolute atomic E-state index is 0.186. The van der Waals surface area contributed by atoms with Crippen LogP contribution in [0.15, 0.2) is 150 Å². The highest BCUT2D eigenvalue weighted by molar-refractivity contribution is 6.22. The van der Waals surface area contributed by atoms with Crippen molar-refractivity contribution in [2.24, 2.45) is 0 Å². The molecule has 0 N–H and O–H groups in total. The minimum Gasteiger partial charge on any atom is -0.456 e. The van der Waals surface area contributed by atoms with Crippen molar-refractivity contribution in [1.82, 2.24) is 0 Å². The van der Waals surface area contributed by atoms with Gasteiger partial charge in [-0.15, -0.1) is 0 Å². The first-order valence-electron chi connectivity index (χ1n) is 16.7. The molecule has 0 radical (unpaired) electrons. The highest BCUT2D eigenvalue weighted by Gasteiger charge is 2.17. The van der Waals surface area contributed by atoms with E-state index in [9.17, 15) is 0 Å². The van der Waals surface area contributed by atoms with E-state index in [1.54, 1.807) is 36.4 Å². The lowest BCUT2D eigenvalue weighted by atomic mass is 9.86. The van der Waals surface area contributed by atoms with Gasteiger partial charge in [-0.1, -0.05) is 121 Å². The third kappa shape index (κ3) is 3.48. The van der Waals surface area contributed by atoms with Crippen LogP contribution in [-0.4, -0.2) is 0 Å². The van der Waals surface area contributed by atoms with Gasteiger partial charge in [0, 0.05) is 10.8 Å². The SMILES string of the molecule is [2H]c1c([2H])c([2H])c2c(-c3ccc4oc5cc(-c6ccccc6)ccc5c4c3)c3c([2H])c([2H])c([2H])c([2H])c3c(-c3ccccc3)c2c1[2H]. The molecule has 1 heterocycles. The van der Waals surface area contributed by atoms with E-state index in [2.05, 4.69) is 0 Å². The molecule has 8 rings (SSSR count). The third-order valence-corrected chi connectivity index (χ3v) is 7.30. The molecule has 0 atom stereocenters. The van der Waals surface area contributed by atoms with Crippen molar-refractivity contribution >= 4 is 43.5 Å². The van der Waals surface area contributed by atoms with E-state index >= 15 is 0 Å². The fraction of sp³-hybridized carbons (Fsp3) is 0. The number of benzene rings is 7. The molecule has 0 bridgehead atoms. The Labute approximate surface area is 237 Å². The van der Waals surface area contributed by atoms with Crippen molar-refractivity contribution in [3.8, 4) is 33.4 Å². The van der Waals surface area contributed by atoms with Crippen LogP contribution in [0, 0.1) is 0 Å². The maximum absolute atomic E-state index is 9.14. The molecule has 0 saturated carbocycles. The maximum atomic E-state index is 9.14. The van der Waals surface area contributed by atoms with Crippen molar-refractivity contribution in [3.05, 3.63) is 145 Å². The van der Waals surface area contributed by atoms with Crippen LogP contribution in [0.1, 0.15) is 11.0 Å². The van der Waals surface area contributed by atoms with Crippen LogP contribution in [0.4, 0.5) is 0 Å². The third-order valence-electron chi connectivity index (χ3n) is 7.30. The van der Waals surface area contributed by atoms with Crippen molar-refractivity contribution in [1.29, 1.82) is 0 Å². The van der Waals surface area contributed by atoms with Gasteiger partial charge in [-0.25, -0.2) is 0 Å². The van der Waals surface area contributed by atoms with E-state index in [4.69, 9.17) is 15.4 Å². The normalized spacial score (nSPS) is 14.5. The molecule has 0 aliphatic heterocycles. The molecule has 0 aliphatic rings. The van der Waals surface area contributed by atoms with Crippen LogP contribution < -0.4 is 0 Å². The lowest BCUT2D eigenvalue weighted by molar-refractivity contribution is 0.669. The Balaban J connectivity index is 1.55. The van der Waals surface area contributed by atoms with E-state index in [0.29, 0.717) is 33.4 Å². The molecule has 1 aromatic heterocycles. The first kappa shape index (κ1) is 15.3. The summed E-state index contributed by atoms with van der Waals surface area (Å²) in [5.41, 5.74) is 5.11. The molecule has 1 heteroatoms. The Kier molecular flexibility index (Phi) is 3.42. The van der Waals surface area contributed by atoms with Gasteiger partial charge < -0.3 is 4.42 Å². The summed E-state index contributed by atoms with van der Waals surface area (Å²) in [5, 5.41) is 2.38. The summed E-state index contributed by atoms with van der Waals surface area (Å²) in [4.78, 5) is 0. The molecular weight excluding hydrogens is 472 g/mol. The average molecular weight is 505 g/mol. The molecule has 8 aromatic rings. The summed E-state index contributed by atoms with van der Waals surface area (Å²) in [6, 6.07) is 27.6. The number of fused-ring (bicyclic) bond motifs is 5. The van der Waals surface area contributed by atoms with Gasteiger partial charge in [-0.05, 0) is 79.2 Å². The summed E-state index contributed by atoms with van der Waals surface area (Å²) in [5.74, 6) is 0.